The predicted octanol–water partition coefficient (Wildman–Crippen LogP) is 11.5. The van der Waals surface area contributed by atoms with Crippen LogP contribution in [0.5, 0.6) is 11.5 Å². The SMILES string of the molecule is [2H]N[C@@H](Cc1ccccc1)C(=O)O[C@H]1[C@@H](OC(OCCOC)OCCOC)[C@H](n2cnc3c(NC(c4ccccc4)(c4ccc(OC)cc4)c4ccc(OC)cc4)ncnc32)O[C@@H]1CO[Si](OC1CCCCCCCCCCC1)(O[Si](C)(C)C)O[Si](C)(C)C. The van der Waals surface area contributed by atoms with Crippen molar-refractivity contribution in [3.8, 4) is 11.5 Å². The summed E-state index contributed by atoms with van der Waals surface area (Å²) in [6, 6.07) is 34.2. The van der Waals surface area contributed by atoms with E-state index >= 15 is 0 Å². The summed E-state index contributed by atoms with van der Waals surface area (Å²) >= 11 is 0. The molecular formula is C65H94N6O14Si3. The minimum absolute atomic E-state index is 0.0712. The number of benzene rings is 4. The lowest BCUT2D eigenvalue weighted by Crippen LogP contribution is -2.61. The van der Waals surface area contributed by atoms with Crippen LogP contribution in [0.1, 0.15) is 99.1 Å². The van der Waals surface area contributed by atoms with Gasteiger partial charge in [-0.1, -0.05) is 143 Å². The molecule has 3 N–H and O–H groups in total. The van der Waals surface area contributed by atoms with E-state index in [9.17, 15) is 4.79 Å². The predicted molar refractivity (Wildman–Crippen MR) is 344 cm³/mol. The van der Waals surface area contributed by atoms with Gasteiger partial charge < -0.3 is 70.8 Å². The Kier molecular flexibility index (Phi) is 25.1. The Morgan fingerprint density at radius 2 is 1.22 bits per heavy atom. The monoisotopic (exact) mass is 1270 g/mol. The van der Waals surface area contributed by atoms with E-state index in [-0.39, 0.29) is 45.6 Å². The van der Waals surface area contributed by atoms with Gasteiger partial charge in [-0.15, -0.1) is 0 Å². The van der Waals surface area contributed by atoms with Crippen molar-refractivity contribution in [1.29, 1.82) is 0 Å². The number of carbonyl (C=O) groups excluding carboxylic acids is 1. The van der Waals surface area contributed by atoms with Gasteiger partial charge in [0.1, 0.15) is 43.0 Å². The average Bonchev–Trinajstić information content (AvgIpc) is 1.77. The van der Waals surface area contributed by atoms with E-state index in [2.05, 4.69) is 62.5 Å². The van der Waals surface area contributed by atoms with E-state index in [0.717, 1.165) is 60.8 Å². The molecule has 2 aliphatic rings. The maximum atomic E-state index is 15.0. The van der Waals surface area contributed by atoms with E-state index in [1.807, 2.05) is 97.1 Å². The van der Waals surface area contributed by atoms with Gasteiger partial charge in [0.05, 0.1) is 59.7 Å². The highest BCUT2D eigenvalue weighted by atomic mass is 28.5. The van der Waals surface area contributed by atoms with Gasteiger partial charge in [-0.05, 0) is 105 Å². The minimum atomic E-state index is -4.14. The van der Waals surface area contributed by atoms with Crippen LogP contribution in [0.2, 0.25) is 40.7 Å². The molecular weight excluding hydrogens is 1170 g/mol. The Morgan fingerprint density at radius 3 is 1.74 bits per heavy atom. The molecule has 0 amide bonds. The third-order valence-electron chi connectivity index (χ3n) is 15.3. The van der Waals surface area contributed by atoms with Crippen molar-refractivity contribution in [3.63, 3.8) is 0 Å². The molecule has 6 aromatic rings. The Hall–Kier alpha value is -5.49. The number of methoxy groups -OCH3 is 4. The summed E-state index contributed by atoms with van der Waals surface area (Å²) < 4.78 is 94.9. The largest absolute Gasteiger partial charge is 0.658 e. The summed E-state index contributed by atoms with van der Waals surface area (Å²) in [5.74, 6) is 1.01. The summed E-state index contributed by atoms with van der Waals surface area (Å²) in [7, 11) is -2.78. The number of rotatable bonds is 32. The van der Waals surface area contributed by atoms with Gasteiger partial charge in [0, 0.05) is 14.2 Å². The van der Waals surface area contributed by atoms with Gasteiger partial charge in [-0.25, -0.2) is 15.0 Å². The van der Waals surface area contributed by atoms with E-state index < -0.39 is 74.2 Å². The summed E-state index contributed by atoms with van der Waals surface area (Å²) in [6.45, 7) is 11.6. The first-order valence-corrected chi connectivity index (χ1v) is 39.4. The van der Waals surface area contributed by atoms with Crippen LogP contribution in [0.15, 0.2) is 122 Å². The van der Waals surface area contributed by atoms with E-state index in [4.69, 9.17) is 76.1 Å². The molecule has 8 rings (SSSR count). The van der Waals surface area contributed by atoms with Crippen molar-refractivity contribution in [2.24, 2.45) is 5.73 Å². The van der Waals surface area contributed by atoms with Crippen LogP contribution in [0.3, 0.4) is 0 Å². The highest BCUT2D eigenvalue weighted by Crippen LogP contribution is 2.44. The van der Waals surface area contributed by atoms with Gasteiger partial charge in [-0.2, -0.15) is 0 Å². The Morgan fingerprint density at radius 1 is 0.682 bits per heavy atom. The van der Waals surface area contributed by atoms with Gasteiger partial charge in [0.15, 0.2) is 45.9 Å². The number of nitrogens with one attached hydrogen (secondary N) is 1. The molecule has 2 fully saturated rings. The maximum absolute atomic E-state index is 15.0. The average molecular weight is 1270 g/mol. The first-order chi connectivity index (χ1) is 43.0. The highest BCUT2D eigenvalue weighted by molar-refractivity contribution is 6.83. The zero-order valence-corrected chi connectivity index (χ0v) is 56.1. The fourth-order valence-corrected chi connectivity index (χ4v) is 19.6. The van der Waals surface area contributed by atoms with Crippen LogP contribution in [0.4, 0.5) is 5.82 Å². The zero-order valence-electron chi connectivity index (χ0n) is 54.1. The van der Waals surface area contributed by atoms with Crippen molar-refractivity contribution in [3.05, 3.63) is 144 Å². The number of aromatic nitrogens is 4. The van der Waals surface area contributed by atoms with Crippen LogP contribution in [0.25, 0.3) is 11.2 Å². The number of fused-ring (bicyclic) bond motifs is 1. The quantitative estimate of drug-likeness (QED) is 0.0132. The van der Waals surface area contributed by atoms with Gasteiger partial charge in [0.25, 0.3) is 6.48 Å². The van der Waals surface area contributed by atoms with Gasteiger partial charge in [-0.3, -0.25) is 9.36 Å². The standard InChI is InChI=1S/C65H94N6O14Si3/c1-73-40-42-77-64(78-43-41-74-2)82-59-58(81-63(72)55(66)44-48-26-20-18-21-27-48)56(45-79-88(84-86(5,6)7,85-87(8,9)10)83-54-30-24-16-14-12-11-13-15-17-25-31-54)80-62(59)71-47-69-57-60(67-46-68-61(57)71)70-65(49-28-22-19-23-29-49,50-32-36-52(75-3)37-33-50)51-34-38-53(76-4)39-35-51/h18-23,26-29,32-39,46-47,54-56,58-59,62,64H,11-17,24-25,30-31,40-45,66H2,1-10H3,(H,67,68,70)/t55-,56+,58+,59+,62+/m0/s1/i/hD. The Balaban J connectivity index is 1.27. The summed E-state index contributed by atoms with van der Waals surface area (Å²) in [5.41, 5.74) is 5.53. The number of hydrogen-bond acceptors (Lipinski definition) is 19. The van der Waals surface area contributed by atoms with E-state index in [1.165, 1.54) is 38.4 Å². The number of imidazole rings is 1. The first-order valence-electron chi connectivity index (χ1n) is 31.5. The smallest absolute Gasteiger partial charge is 0.497 e. The van der Waals surface area contributed by atoms with E-state index in [0.29, 0.717) is 28.5 Å². The Labute approximate surface area is 524 Å². The first kappa shape index (κ1) is 66.9. The second-order valence-electron chi connectivity index (χ2n) is 24.3. The van der Waals surface area contributed by atoms with Crippen molar-refractivity contribution < 1.29 is 65.9 Å². The summed E-state index contributed by atoms with van der Waals surface area (Å²) in [6.07, 6.45) is 10.1. The second kappa shape index (κ2) is 33.0. The van der Waals surface area contributed by atoms with Crippen LogP contribution in [-0.2, 0) is 67.0 Å². The summed E-state index contributed by atoms with van der Waals surface area (Å²) in [4.78, 5) is 29.9. The van der Waals surface area contributed by atoms with Gasteiger partial charge >= 0.3 is 15.0 Å². The summed E-state index contributed by atoms with van der Waals surface area (Å²) in [5, 5.41) is 3.88. The van der Waals surface area contributed by atoms with Crippen molar-refractivity contribution in [1.82, 2.24) is 19.5 Å². The minimum Gasteiger partial charge on any atom is -0.497 e. The van der Waals surface area contributed by atoms with Crippen LogP contribution in [0, 0.1) is 0 Å². The number of esters is 1. The van der Waals surface area contributed by atoms with Crippen LogP contribution >= 0.6 is 0 Å². The maximum Gasteiger partial charge on any atom is 0.658 e. The molecule has 3 heterocycles. The normalized spacial score (nSPS) is 19.2. The molecule has 1 aliphatic heterocycles. The molecule has 0 radical (unpaired) electrons. The molecule has 0 unspecified atom stereocenters. The molecule has 20 nitrogen and oxygen atoms in total. The molecule has 0 spiro atoms. The topological polar surface area (TPSA) is 219 Å². The van der Waals surface area contributed by atoms with Gasteiger partial charge in [0.2, 0.25) is 0 Å². The van der Waals surface area contributed by atoms with E-state index in [1.54, 1.807) is 39.3 Å². The fraction of sp³-hybridized carbons (Fsp3) is 0.538. The number of nitrogens with two attached hydrogens (primary N) is 1. The molecule has 88 heavy (non-hydrogen) atoms. The molecule has 1 saturated heterocycles. The number of carbonyl (C=O) groups is 1. The van der Waals surface area contributed by atoms with Crippen LogP contribution in [-0.4, -0.2) is 150 Å². The van der Waals surface area contributed by atoms with Crippen molar-refractivity contribution in [2.75, 3.05) is 66.8 Å². The van der Waals surface area contributed by atoms with Crippen molar-refractivity contribution >= 4 is 48.6 Å². The zero-order chi connectivity index (χ0) is 63.3. The third-order valence-corrected chi connectivity index (χ3v) is 23.3. The number of ether oxygens (including phenoxy) is 9. The second-order valence-corrected chi connectivity index (χ2v) is 35.9. The molecule has 1 saturated carbocycles. The molecule has 480 valence electrons. The highest BCUT2D eigenvalue weighted by Gasteiger charge is 2.57. The lowest BCUT2D eigenvalue weighted by molar-refractivity contribution is -0.321. The number of anilines is 1. The number of nitrogens with zero attached hydrogens (tertiary/aromatic N) is 4. The molecule has 2 aromatic heterocycles. The third kappa shape index (κ3) is 19.0. The molecule has 4 aromatic carbocycles. The molecule has 0 bridgehead atoms. The number of hydrogen-bond donors (Lipinski definition) is 2. The Bertz CT molecular complexity index is 2950. The molecule has 23 heteroatoms. The van der Waals surface area contributed by atoms with Crippen LogP contribution < -0.4 is 20.5 Å². The van der Waals surface area contributed by atoms with Crippen molar-refractivity contribution in [2.45, 2.75) is 165 Å². The lowest BCUT2D eigenvalue weighted by atomic mass is 9.77. The molecule has 1 aliphatic carbocycles. The fourth-order valence-electron chi connectivity index (χ4n) is 11.2. The lowest BCUT2D eigenvalue weighted by Gasteiger charge is -2.40. The molecule has 5 atom stereocenters.